The summed E-state index contributed by atoms with van der Waals surface area (Å²) in [4.78, 5) is 4.44. The zero-order chi connectivity index (χ0) is 9.71. The van der Waals surface area contributed by atoms with Gasteiger partial charge in [-0.15, -0.1) is 0 Å². The van der Waals surface area contributed by atoms with E-state index >= 15 is 0 Å². The molecule has 0 spiro atoms. The van der Waals surface area contributed by atoms with Crippen molar-refractivity contribution in [2.45, 2.75) is 20.4 Å². The molecule has 0 aliphatic carbocycles. The monoisotopic (exact) mass is 188 g/mol. The molecule has 1 aromatic carbocycles. The first-order valence-corrected chi connectivity index (χ1v) is 4.86. The largest absolute Gasteiger partial charge is 0.463 e. The molecule has 1 aliphatic rings. The Labute approximate surface area is 82.3 Å². The first-order chi connectivity index (χ1) is 6.75. The summed E-state index contributed by atoms with van der Waals surface area (Å²) in [6.45, 7) is 5.92. The zero-order valence-corrected chi connectivity index (χ0v) is 8.37. The van der Waals surface area contributed by atoms with Gasteiger partial charge in [0.1, 0.15) is 6.61 Å². The van der Waals surface area contributed by atoms with Crippen LogP contribution in [0.3, 0.4) is 0 Å². The van der Waals surface area contributed by atoms with Gasteiger partial charge in [-0.05, 0) is 37.1 Å². The lowest BCUT2D eigenvalue weighted by molar-refractivity contribution is 0.346. The van der Waals surface area contributed by atoms with E-state index in [1.54, 1.807) is 0 Å². The van der Waals surface area contributed by atoms with Crippen LogP contribution in [0.1, 0.15) is 11.1 Å². The van der Waals surface area contributed by atoms with E-state index in [-0.39, 0.29) is 0 Å². The van der Waals surface area contributed by atoms with Gasteiger partial charge in [0.2, 0.25) is 0 Å². The molecule has 2 aromatic rings. The molecule has 0 N–H and O–H groups in total. The Kier molecular flexibility index (Phi) is 1.40. The highest BCUT2D eigenvalue weighted by Gasteiger charge is 2.17. The second-order valence-corrected chi connectivity index (χ2v) is 3.82. The molecule has 1 aliphatic heterocycles. The van der Waals surface area contributed by atoms with Crippen LogP contribution in [-0.2, 0) is 6.54 Å². The highest BCUT2D eigenvalue weighted by atomic mass is 16.5. The number of benzene rings is 1. The summed E-state index contributed by atoms with van der Waals surface area (Å²) in [5.41, 5.74) is 4.84. The first kappa shape index (κ1) is 7.85. The average molecular weight is 188 g/mol. The molecule has 0 bridgehead atoms. The lowest BCUT2D eigenvalue weighted by Crippen LogP contribution is -1.94. The number of hydrogen-bond donors (Lipinski definition) is 0. The second kappa shape index (κ2) is 2.50. The fourth-order valence-corrected chi connectivity index (χ4v) is 1.91. The number of fused-ring (bicyclic) bond motifs is 3. The van der Waals surface area contributed by atoms with Gasteiger partial charge in [0.25, 0.3) is 6.01 Å². The Morgan fingerprint density at radius 3 is 2.93 bits per heavy atom. The van der Waals surface area contributed by atoms with E-state index in [9.17, 15) is 0 Å². The fraction of sp³-hybridized carbons (Fsp3) is 0.364. The molecule has 0 amide bonds. The number of aryl methyl sites for hydroxylation is 2. The Balaban J connectivity index is 2.39. The molecule has 3 rings (SSSR count). The molecule has 0 unspecified atom stereocenters. The van der Waals surface area contributed by atoms with Crippen molar-refractivity contribution in [3.63, 3.8) is 0 Å². The van der Waals surface area contributed by atoms with Crippen molar-refractivity contribution >= 4 is 11.0 Å². The van der Waals surface area contributed by atoms with Crippen molar-refractivity contribution in [3.05, 3.63) is 23.3 Å². The maximum atomic E-state index is 5.42. The zero-order valence-electron chi connectivity index (χ0n) is 8.37. The maximum absolute atomic E-state index is 5.42. The highest BCUT2D eigenvalue weighted by molar-refractivity contribution is 5.79. The summed E-state index contributed by atoms with van der Waals surface area (Å²) in [7, 11) is 0. The minimum absolute atomic E-state index is 0.755. The van der Waals surface area contributed by atoms with E-state index < -0.39 is 0 Å². The Bertz CT molecular complexity index is 513. The summed E-state index contributed by atoms with van der Waals surface area (Å²) in [6, 6.07) is 5.08. The predicted octanol–water partition coefficient (Wildman–Crippen LogP) is 2.05. The van der Waals surface area contributed by atoms with Crippen LogP contribution >= 0.6 is 0 Å². The average Bonchev–Trinajstić information content (AvgIpc) is 2.68. The van der Waals surface area contributed by atoms with Gasteiger partial charge in [0.05, 0.1) is 17.6 Å². The van der Waals surface area contributed by atoms with E-state index in [0.717, 1.165) is 24.7 Å². The number of nitrogens with zero attached hydrogens (tertiary/aromatic N) is 2. The van der Waals surface area contributed by atoms with Gasteiger partial charge in [-0.3, -0.25) is 4.57 Å². The number of aromatic nitrogens is 2. The molecule has 1 aromatic heterocycles. The minimum Gasteiger partial charge on any atom is -0.463 e. The Morgan fingerprint density at radius 1 is 1.29 bits per heavy atom. The van der Waals surface area contributed by atoms with E-state index in [2.05, 4.69) is 35.5 Å². The van der Waals surface area contributed by atoms with Crippen LogP contribution in [0, 0.1) is 13.8 Å². The van der Waals surface area contributed by atoms with Crippen molar-refractivity contribution in [3.8, 4) is 6.01 Å². The molecule has 14 heavy (non-hydrogen) atoms. The van der Waals surface area contributed by atoms with Crippen LogP contribution in [0.25, 0.3) is 11.0 Å². The number of ether oxygens (including phenoxy) is 1. The van der Waals surface area contributed by atoms with Crippen molar-refractivity contribution in [2.75, 3.05) is 6.61 Å². The molecule has 0 fully saturated rings. The molecule has 0 radical (unpaired) electrons. The van der Waals surface area contributed by atoms with E-state index in [1.165, 1.54) is 16.6 Å². The summed E-state index contributed by atoms with van der Waals surface area (Å²) >= 11 is 0. The van der Waals surface area contributed by atoms with E-state index in [0.29, 0.717) is 0 Å². The smallest absolute Gasteiger partial charge is 0.297 e. The molecule has 2 heterocycles. The van der Waals surface area contributed by atoms with Gasteiger partial charge in [-0.1, -0.05) is 0 Å². The number of rotatable bonds is 0. The van der Waals surface area contributed by atoms with Crippen LogP contribution in [0.2, 0.25) is 0 Å². The van der Waals surface area contributed by atoms with Crippen LogP contribution < -0.4 is 4.74 Å². The topological polar surface area (TPSA) is 27.1 Å². The van der Waals surface area contributed by atoms with Gasteiger partial charge in [-0.25, -0.2) is 0 Å². The molecule has 0 saturated carbocycles. The SMILES string of the molecule is Cc1cc2nc3n(c2cc1C)CCO3. The quantitative estimate of drug-likeness (QED) is 0.632. The van der Waals surface area contributed by atoms with Crippen LogP contribution in [-0.4, -0.2) is 16.2 Å². The van der Waals surface area contributed by atoms with E-state index in [1.807, 2.05) is 0 Å². The summed E-state index contributed by atoms with van der Waals surface area (Å²) in [6.07, 6.45) is 0. The van der Waals surface area contributed by atoms with Crippen molar-refractivity contribution in [2.24, 2.45) is 0 Å². The van der Waals surface area contributed by atoms with Crippen LogP contribution in [0.5, 0.6) is 6.01 Å². The first-order valence-electron chi connectivity index (χ1n) is 4.86. The summed E-state index contributed by atoms with van der Waals surface area (Å²) in [5, 5.41) is 0. The highest BCUT2D eigenvalue weighted by Crippen LogP contribution is 2.26. The molecule has 3 heteroatoms. The molecule has 72 valence electrons. The minimum atomic E-state index is 0.755. The summed E-state index contributed by atoms with van der Waals surface area (Å²) < 4.78 is 7.56. The van der Waals surface area contributed by atoms with Gasteiger partial charge in [0.15, 0.2) is 0 Å². The second-order valence-electron chi connectivity index (χ2n) is 3.82. The van der Waals surface area contributed by atoms with Gasteiger partial charge in [-0.2, -0.15) is 4.98 Å². The Hall–Kier alpha value is -1.51. The molecular formula is C11H12N2O. The molecule has 0 atom stereocenters. The normalized spacial score (nSPS) is 14.4. The maximum Gasteiger partial charge on any atom is 0.297 e. The molecular weight excluding hydrogens is 176 g/mol. The lowest BCUT2D eigenvalue weighted by atomic mass is 10.1. The van der Waals surface area contributed by atoms with Gasteiger partial charge < -0.3 is 4.74 Å². The van der Waals surface area contributed by atoms with Crippen molar-refractivity contribution < 1.29 is 4.74 Å². The van der Waals surface area contributed by atoms with Gasteiger partial charge >= 0.3 is 0 Å². The van der Waals surface area contributed by atoms with Crippen LogP contribution in [0.4, 0.5) is 0 Å². The fourth-order valence-electron chi connectivity index (χ4n) is 1.91. The van der Waals surface area contributed by atoms with E-state index in [4.69, 9.17) is 4.74 Å². The standard InChI is InChI=1S/C11H12N2O/c1-7-5-9-10(6-8(7)2)13-3-4-14-11(13)12-9/h5-6H,3-4H2,1-2H3. The number of imidazole rings is 1. The Morgan fingerprint density at radius 2 is 2.07 bits per heavy atom. The third-order valence-electron chi connectivity index (χ3n) is 2.87. The number of hydrogen-bond acceptors (Lipinski definition) is 2. The third-order valence-corrected chi connectivity index (χ3v) is 2.87. The predicted molar refractivity (Wildman–Crippen MR) is 54.7 cm³/mol. The van der Waals surface area contributed by atoms with Crippen molar-refractivity contribution in [1.82, 2.24) is 9.55 Å². The van der Waals surface area contributed by atoms with Gasteiger partial charge in [0, 0.05) is 0 Å². The molecule has 0 saturated heterocycles. The molecule has 3 nitrogen and oxygen atoms in total. The lowest BCUT2D eigenvalue weighted by Gasteiger charge is -2.00. The third kappa shape index (κ3) is 0.895. The van der Waals surface area contributed by atoms with Crippen LogP contribution in [0.15, 0.2) is 12.1 Å². The van der Waals surface area contributed by atoms with Crippen molar-refractivity contribution in [1.29, 1.82) is 0 Å². The summed E-state index contributed by atoms with van der Waals surface area (Å²) in [5.74, 6) is 0.